The van der Waals surface area contributed by atoms with E-state index in [9.17, 15) is 4.79 Å². The van der Waals surface area contributed by atoms with Gasteiger partial charge in [0.25, 0.3) is 0 Å². The van der Waals surface area contributed by atoms with Crippen LogP contribution in [0.2, 0.25) is 0 Å². The molecule has 0 saturated carbocycles. The number of nitrogens with two attached hydrogens (primary N) is 1. The molecule has 1 aromatic carbocycles. The number of nitrogen functional groups attached to an aromatic ring is 1. The Balaban J connectivity index is 2.20. The van der Waals surface area contributed by atoms with Crippen LogP contribution in [0.1, 0.15) is 23.0 Å². The van der Waals surface area contributed by atoms with E-state index in [1.165, 1.54) is 11.8 Å². The lowest BCUT2D eigenvalue weighted by Crippen LogP contribution is -2.07. The van der Waals surface area contributed by atoms with Crippen molar-refractivity contribution >= 4 is 23.4 Å². The molecule has 0 radical (unpaired) electrons. The summed E-state index contributed by atoms with van der Waals surface area (Å²) in [6.07, 6.45) is 1.62. The van der Waals surface area contributed by atoms with Crippen LogP contribution in [0.4, 0.5) is 5.69 Å². The van der Waals surface area contributed by atoms with Crippen molar-refractivity contribution in [1.82, 2.24) is 0 Å². The molecule has 0 atom stereocenters. The third-order valence-corrected chi connectivity index (χ3v) is 3.65. The van der Waals surface area contributed by atoms with E-state index in [1.54, 1.807) is 31.4 Å². The quantitative estimate of drug-likeness (QED) is 0.516. The van der Waals surface area contributed by atoms with E-state index in [2.05, 4.69) is 0 Å². The van der Waals surface area contributed by atoms with Gasteiger partial charge in [-0.2, -0.15) is 0 Å². The van der Waals surface area contributed by atoms with Gasteiger partial charge in [0.05, 0.1) is 24.2 Å². The summed E-state index contributed by atoms with van der Waals surface area (Å²) in [5.41, 5.74) is 7.01. The summed E-state index contributed by atoms with van der Waals surface area (Å²) in [6, 6.07) is 8.96. The van der Waals surface area contributed by atoms with Crippen molar-refractivity contribution < 1.29 is 13.9 Å². The summed E-state index contributed by atoms with van der Waals surface area (Å²) < 4.78 is 10.3. The highest BCUT2D eigenvalue weighted by atomic mass is 32.2. The Morgan fingerprint density at radius 1 is 1.37 bits per heavy atom. The Morgan fingerprint density at radius 2 is 2.21 bits per heavy atom. The predicted molar refractivity (Wildman–Crippen MR) is 75.1 cm³/mol. The highest BCUT2D eigenvalue weighted by Gasteiger charge is 2.15. The number of hydrogen-bond acceptors (Lipinski definition) is 5. The van der Waals surface area contributed by atoms with Crippen molar-refractivity contribution in [2.24, 2.45) is 0 Å². The molecule has 1 heterocycles. The minimum absolute atomic E-state index is 0.343. The fraction of sp³-hybridized carbons (Fsp3) is 0.214. The summed E-state index contributed by atoms with van der Waals surface area (Å²) in [6.45, 7) is 2.12. The first-order valence-corrected chi connectivity index (χ1v) is 6.91. The second-order valence-electron chi connectivity index (χ2n) is 3.81. The number of benzene rings is 1. The van der Waals surface area contributed by atoms with Gasteiger partial charge < -0.3 is 14.9 Å². The summed E-state index contributed by atoms with van der Waals surface area (Å²) in [5, 5.41) is 0. The van der Waals surface area contributed by atoms with Crippen LogP contribution in [0.3, 0.4) is 0 Å². The Kier molecular flexibility index (Phi) is 4.52. The van der Waals surface area contributed by atoms with Crippen LogP contribution in [0.25, 0.3) is 0 Å². The second kappa shape index (κ2) is 6.33. The first-order valence-electron chi connectivity index (χ1n) is 5.93. The summed E-state index contributed by atoms with van der Waals surface area (Å²) >= 11 is 1.47. The van der Waals surface area contributed by atoms with Gasteiger partial charge >= 0.3 is 5.97 Å². The lowest BCUT2D eigenvalue weighted by atomic mass is 10.2. The van der Waals surface area contributed by atoms with Gasteiger partial charge in [-0.3, -0.25) is 0 Å². The van der Waals surface area contributed by atoms with E-state index in [4.69, 9.17) is 14.9 Å². The number of furan rings is 1. The van der Waals surface area contributed by atoms with Crippen LogP contribution in [0.15, 0.2) is 45.9 Å². The molecule has 2 rings (SSSR count). The molecule has 4 nitrogen and oxygen atoms in total. The minimum Gasteiger partial charge on any atom is -0.468 e. The molecule has 0 saturated heterocycles. The average Bonchev–Trinajstić information content (AvgIpc) is 2.90. The molecular weight excluding hydrogens is 262 g/mol. The first kappa shape index (κ1) is 13.5. The third kappa shape index (κ3) is 3.32. The number of esters is 1. The van der Waals surface area contributed by atoms with Gasteiger partial charge in [0, 0.05) is 10.6 Å². The number of carbonyl (C=O) groups is 1. The summed E-state index contributed by atoms with van der Waals surface area (Å²) in [4.78, 5) is 12.6. The monoisotopic (exact) mass is 277 g/mol. The van der Waals surface area contributed by atoms with E-state index < -0.39 is 0 Å². The molecular formula is C14H15NO3S. The molecule has 0 aliphatic rings. The maximum atomic E-state index is 11.9. The first-order chi connectivity index (χ1) is 9.22. The van der Waals surface area contributed by atoms with Crippen LogP contribution >= 0.6 is 11.8 Å². The zero-order valence-corrected chi connectivity index (χ0v) is 11.4. The highest BCUT2D eigenvalue weighted by Crippen LogP contribution is 2.32. The van der Waals surface area contributed by atoms with Gasteiger partial charge in [-0.1, -0.05) is 6.07 Å². The highest BCUT2D eigenvalue weighted by molar-refractivity contribution is 7.98. The van der Waals surface area contributed by atoms with Gasteiger partial charge in [0.1, 0.15) is 5.76 Å². The van der Waals surface area contributed by atoms with Gasteiger partial charge in [-0.05, 0) is 31.2 Å². The maximum absolute atomic E-state index is 11.9. The number of rotatable bonds is 5. The predicted octanol–water partition coefficient (Wildman–Crippen LogP) is 3.33. The van der Waals surface area contributed by atoms with Gasteiger partial charge in [-0.15, -0.1) is 11.8 Å². The number of carbonyl (C=O) groups excluding carboxylic acids is 1. The van der Waals surface area contributed by atoms with Crippen molar-refractivity contribution in [3.05, 3.63) is 47.9 Å². The van der Waals surface area contributed by atoms with E-state index in [-0.39, 0.29) is 5.97 Å². The van der Waals surface area contributed by atoms with Gasteiger partial charge in [0.15, 0.2) is 0 Å². The lowest BCUT2D eigenvalue weighted by molar-refractivity contribution is 0.0522. The molecule has 5 heteroatoms. The van der Waals surface area contributed by atoms with Crippen LogP contribution in [0.5, 0.6) is 0 Å². The Hall–Kier alpha value is -1.88. The largest absolute Gasteiger partial charge is 0.468 e. The molecule has 19 heavy (non-hydrogen) atoms. The van der Waals surface area contributed by atoms with E-state index >= 15 is 0 Å². The molecule has 2 aromatic rings. The van der Waals surface area contributed by atoms with Gasteiger partial charge in [0.2, 0.25) is 0 Å². The maximum Gasteiger partial charge on any atom is 0.339 e. The molecule has 0 fully saturated rings. The van der Waals surface area contributed by atoms with Crippen molar-refractivity contribution in [2.75, 3.05) is 12.3 Å². The topological polar surface area (TPSA) is 65.5 Å². The fourth-order valence-electron chi connectivity index (χ4n) is 1.62. The fourth-order valence-corrected chi connectivity index (χ4v) is 2.62. The number of anilines is 1. The molecule has 0 aliphatic heterocycles. The van der Waals surface area contributed by atoms with E-state index in [1.807, 2.05) is 12.1 Å². The molecule has 2 N–H and O–H groups in total. The molecule has 100 valence electrons. The zero-order valence-electron chi connectivity index (χ0n) is 10.6. The van der Waals surface area contributed by atoms with Crippen molar-refractivity contribution in [3.63, 3.8) is 0 Å². The smallest absolute Gasteiger partial charge is 0.339 e. The average molecular weight is 277 g/mol. The Morgan fingerprint density at radius 3 is 2.89 bits per heavy atom. The molecule has 0 spiro atoms. The summed E-state index contributed by atoms with van der Waals surface area (Å²) in [7, 11) is 0. The standard InChI is InChI=1S/C14H15NO3S/c1-2-17-14(16)11-6-3-7-12(15)13(11)19-9-10-5-4-8-18-10/h3-8H,2,9,15H2,1H3. The number of thioether (sulfide) groups is 1. The van der Waals surface area contributed by atoms with Crippen LogP contribution < -0.4 is 5.73 Å². The zero-order chi connectivity index (χ0) is 13.7. The van der Waals surface area contributed by atoms with Crippen LogP contribution in [-0.2, 0) is 10.5 Å². The second-order valence-corrected chi connectivity index (χ2v) is 4.80. The van der Waals surface area contributed by atoms with E-state index in [0.717, 1.165) is 10.7 Å². The van der Waals surface area contributed by atoms with Crippen LogP contribution in [0, 0.1) is 0 Å². The molecule has 0 bridgehead atoms. The van der Waals surface area contributed by atoms with Crippen molar-refractivity contribution in [1.29, 1.82) is 0 Å². The lowest BCUT2D eigenvalue weighted by Gasteiger charge is -2.10. The molecule has 0 unspecified atom stereocenters. The van der Waals surface area contributed by atoms with Crippen LogP contribution in [-0.4, -0.2) is 12.6 Å². The van der Waals surface area contributed by atoms with Crippen molar-refractivity contribution in [3.8, 4) is 0 Å². The van der Waals surface area contributed by atoms with Gasteiger partial charge in [-0.25, -0.2) is 4.79 Å². The Bertz CT molecular complexity index is 552. The Labute approximate surface area is 115 Å². The summed E-state index contributed by atoms with van der Waals surface area (Å²) in [5.74, 6) is 1.10. The molecule has 1 aromatic heterocycles. The number of hydrogen-bond donors (Lipinski definition) is 1. The molecule has 0 amide bonds. The van der Waals surface area contributed by atoms with E-state index in [0.29, 0.717) is 23.6 Å². The SMILES string of the molecule is CCOC(=O)c1cccc(N)c1SCc1ccco1. The minimum atomic E-state index is -0.350. The number of ether oxygens (including phenoxy) is 1. The van der Waals surface area contributed by atoms with Crippen molar-refractivity contribution in [2.45, 2.75) is 17.6 Å². The molecule has 0 aliphatic carbocycles. The normalized spacial score (nSPS) is 10.4. The third-order valence-electron chi connectivity index (χ3n) is 2.48.